The van der Waals surface area contributed by atoms with Gasteiger partial charge in [-0.2, -0.15) is 0 Å². The van der Waals surface area contributed by atoms with E-state index in [0.717, 1.165) is 78.0 Å². The van der Waals surface area contributed by atoms with Crippen LogP contribution in [0.15, 0.2) is 16.6 Å². The molecule has 3 rings (SSSR count). The first-order valence-electron chi connectivity index (χ1n) is 8.90. The lowest BCUT2D eigenvalue weighted by Crippen LogP contribution is -2.46. The molecule has 3 aliphatic rings. The smallest absolute Gasteiger partial charge is 0.193 e. The van der Waals surface area contributed by atoms with Crippen molar-refractivity contribution in [2.75, 3.05) is 66.2 Å². The van der Waals surface area contributed by atoms with Crippen molar-refractivity contribution in [2.45, 2.75) is 25.3 Å². The van der Waals surface area contributed by atoms with E-state index in [1.54, 1.807) is 0 Å². The highest BCUT2D eigenvalue weighted by atomic mass is 127. The minimum absolute atomic E-state index is 0. The maximum atomic E-state index is 5.46. The van der Waals surface area contributed by atoms with Gasteiger partial charge in [-0.3, -0.25) is 9.89 Å². The van der Waals surface area contributed by atoms with Gasteiger partial charge in [0.05, 0.1) is 26.4 Å². The number of morpholine rings is 1. The highest BCUT2D eigenvalue weighted by molar-refractivity contribution is 14.0. The molecule has 3 aliphatic heterocycles. The summed E-state index contributed by atoms with van der Waals surface area (Å²) in [5.74, 6) is 1.05. The predicted molar refractivity (Wildman–Crippen MR) is 107 cm³/mol. The molecule has 2 saturated heterocycles. The average Bonchev–Trinajstić information content (AvgIpc) is 3.10. The van der Waals surface area contributed by atoms with Crippen molar-refractivity contribution in [3.05, 3.63) is 11.6 Å². The monoisotopic (exact) mass is 450 g/mol. The van der Waals surface area contributed by atoms with Crippen molar-refractivity contribution < 1.29 is 9.47 Å². The summed E-state index contributed by atoms with van der Waals surface area (Å²) >= 11 is 0. The van der Waals surface area contributed by atoms with Crippen LogP contribution in [-0.2, 0) is 9.47 Å². The van der Waals surface area contributed by atoms with Crippen LogP contribution in [-0.4, -0.2) is 88.0 Å². The molecule has 0 spiro atoms. The third-order valence-electron chi connectivity index (χ3n) is 5.02. The Bertz CT molecular complexity index is 438. The summed E-state index contributed by atoms with van der Waals surface area (Å²) in [6, 6.07) is 0.649. The Morgan fingerprint density at radius 3 is 2.79 bits per heavy atom. The van der Waals surface area contributed by atoms with E-state index in [0.29, 0.717) is 6.04 Å². The van der Waals surface area contributed by atoms with Crippen LogP contribution >= 0.6 is 24.0 Å². The zero-order chi connectivity index (χ0) is 15.9. The number of nitrogens with zero attached hydrogens (tertiary/aromatic N) is 3. The normalized spacial score (nSPS) is 26.0. The number of aliphatic imine (C=N–C) groups is 1. The van der Waals surface area contributed by atoms with Gasteiger partial charge >= 0.3 is 0 Å². The molecule has 0 amide bonds. The van der Waals surface area contributed by atoms with Gasteiger partial charge in [0.25, 0.3) is 0 Å². The molecule has 0 aromatic carbocycles. The van der Waals surface area contributed by atoms with Gasteiger partial charge in [0.1, 0.15) is 0 Å². The predicted octanol–water partition coefficient (Wildman–Crippen LogP) is 1.32. The summed E-state index contributed by atoms with van der Waals surface area (Å²) in [7, 11) is 1.89. The lowest BCUT2D eigenvalue weighted by atomic mass is 10.1. The SMILES string of the molecule is CN=C(NCCC1=CCOCC1)N1CCC(N2CCOCC2)C1.I. The van der Waals surface area contributed by atoms with E-state index >= 15 is 0 Å². The van der Waals surface area contributed by atoms with E-state index in [1.807, 2.05) is 7.05 Å². The van der Waals surface area contributed by atoms with E-state index in [1.165, 1.54) is 12.0 Å². The van der Waals surface area contributed by atoms with Crippen molar-refractivity contribution in [1.82, 2.24) is 15.1 Å². The molecule has 0 aliphatic carbocycles. The molecule has 3 heterocycles. The molecule has 0 aromatic heterocycles. The number of nitrogens with one attached hydrogen (secondary N) is 1. The first kappa shape index (κ1) is 19.9. The number of halogens is 1. The van der Waals surface area contributed by atoms with E-state index in [9.17, 15) is 0 Å². The van der Waals surface area contributed by atoms with E-state index < -0.39 is 0 Å². The lowest BCUT2D eigenvalue weighted by Gasteiger charge is -2.32. The van der Waals surface area contributed by atoms with Crippen LogP contribution in [0.25, 0.3) is 0 Å². The molecule has 0 radical (unpaired) electrons. The third-order valence-corrected chi connectivity index (χ3v) is 5.02. The first-order chi connectivity index (χ1) is 11.4. The number of hydrogen-bond donors (Lipinski definition) is 1. The number of rotatable bonds is 4. The van der Waals surface area contributed by atoms with E-state index in [4.69, 9.17) is 9.47 Å². The van der Waals surface area contributed by atoms with Crippen LogP contribution in [0.3, 0.4) is 0 Å². The molecule has 6 nitrogen and oxygen atoms in total. The Hall–Kier alpha value is -0.380. The van der Waals surface area contributed by atoms with Crippen molar-refractivity contribution in [2.24, 2.45) is 4.99 Å². The van der Waals surface area contributed by atoms with Crippen LogP contribution in [0.5, 0.6) is 0 Å². The van der Waals surface area contributed by atoms with Crippen LogP contribution < -0.4 is 5.32 Å². The second-order valence-electron chi connectivity index (χ2n) is 6.45. The Labute approximate surface area is 162 Å². The molecule has 138 valence electrons. The van der Waals surface area contributed by atoms with Crippen molar-refractivity contribution in [3.8, 4) is 0 Å². The van der Waals surface area contributed by atoms with Crippen LogP contribution in [0.1, 0.15) is 19.3 Å². The van der Waals surface area contributed by atoms with Gasteiger partial charge < -0.3 is 19.7 Å². The van der Waals surface area contributed by atoms with Crippen LogP contribution in [0.2, 0.25) is 0 Å². The fourth-order valence-electron chi connectivity index (χ4n) is 3.63. The quantitative estimate of drug-likeness (QED) is 0.303. The van der Waals surface area contributed by atoms with Gasteiger partial charge in [0.2, 0.25) is 0 Å². The van der Waals surface area contributed by atoms with Gasteiger partial charge in [-0.1, -0.05) is 11.6 Å². The fourth-order valence-corrected chi connectivity index (χ4v) is 3.63. The fraction of sp³-hybridized carbons (Fsp3) is 0.824. The van der Waals surface area contributed by atoms with Crippen molar-refractivity contribution in [1.29, 1.82) is 0 Å². The van der Waals surface area contributed by atoms with E-state index in [-0.39, 0.29) is 24.0 Å². The molecule has 1 N–H and O–H groups in total. The molecule has 7 heteroatoms. The van der Waals surface area contributed by atoms with Crippen molar-refractivity contribution in [3.63, 3.8) is 0 Å². The summed E-state index contributed by atoms with van der Waals surface area (Å²) < 4.78 is 10.8. The lowest BCUT2D eigenvalue weighted by molar-refractivity contribution is 0.0195. The molecule has 1 atom stereocenters. The molecular weight excluding hydrogens is 419 g/mol. The second-order valence-corrected chi connectivity index (χ2v) is 6.45. The largest absolute Gasteiger partial charge is 0.379 e. The minimum Gasteiger partial charge on any atom is -0.379 e. The average molecular weight is 450 g/mol. The minimum atomic E-state index is 0. The Morgan fingerprint density at radius 2 is 2.08 bits per heavy atom. The molecule has 24 heavy (non-hydrogen) atoms. The van der Waals surface area contributed by atoms with Crippen LogP contribution in [0.4, 0.5) is 0 Å². The summed E-state index contributed by atoms with van der Waals surface area (Å²) in [5.41, 5.74) is 1.51. The highest BCUT2D eigenvalue weighted by Gasteiger charge is 2.30. The van der Waals surface area contributed by atoms with E-state index in [2.05, 4.69) is 26.2 Å². The molecule has 0 saturated carbocycles. The Balaban J connectivity index is 0.00000208. The van der Waals surface area contributed by atoms with Crippen molar-refractivity contribution >= 4 is 29.9 Å². The number of likely N-dealkylation sites (tertiary alicyclic amines) is 1. The van der Waals surface area contributed by atoms with Gasteiger partial charge in [0, 0.05) is 45.8 Å². The summed E-state index contributed by atoms with van der Waals surface area (Å²) in [6.45, 7) is 8.67. The Morgan fingerprint density at radius 1 is 1.25 bits per heavy atom. The van der Waals surface area contributed by atoms with Gasteiger partial charge in [-0.25, -0.2) is 0 Å². The molecular formula is C17H31IN4O2. The molecule has 0 aromatic rings. The molecule has 1 unspecified atom stereocenters. The third kappa shape index (κ3) is 5.57. The summed E-state index contributed by atoms with van der Waals surface area (Å²) in [4.78, 5) is 9.45. The maximum absolute atomic E-state index is 5.46. The maximum Gasteiger partial charge on any atom is 0.193 e. The zero-order valence-corrected chi connectivity index (χ0v) is 17.0. The summed E-state index contributed by atoms with van der Waals surface area (Å²) in [5, 5.41) is 3.53. The second kappa shape index (κ2) is 10.6. The highest BCUT2D eigenvalue weighted by Crippen LogP contribution is 2.17. The van der Waals surface area contributed by atoms with Crippen LogP contribution in [0, 0.1) is 0 Å². The Kier molecular flexibility index (Phi) is 8.79. The first-order valence-corrected chi connectivity index (χ1v) is 8.90. The topological polar surface area (TPSA) is 49.3 Å². The summed E-state index contributed by atoms with van der Waals surface area (Å²) in [6.07, 6.45) is 5.60. The number of hydrogen-bond acceptors (Lipinski definition) is 4. The zero-order valence-electron chi connectivity index (χ0n) is 14.7. The molecule has 0 bridgehead atoms. The number of guanidine groups is 1. The van der Waals surface area contributed by atoms with Gasteiger partial charge in [0.15, 0.2) is 5.96 Å². The standard InChI is InChI=1S/C17H30N4O2.HI/c1-18-17(19-6-2-15-4-10-22-11-5-15)21-7-3-16(14-21)20-8-12-23-13-9-20;/h4,16H,2-3,5-14H2,1H3,(H,18,19);1H. The molecule has 2 fully saturated rings. The number of ether oxygens (including phenoxy) is 2. The van der Waals surface area contributed by atoms with Gasteiger partial charge in [-0.15, -0.1) is 24.0 Å². The van der Waals surface area contributed by atoms with Gasteiger partial charge in [-0.05, 0) is 19.3 Å².